The Hall–Kier alpha value is -1.42. The number of aliphatic hydroxyl groups excluding tert-OH is 1. The molecular formula is C17H16ClNOS. The van der Waals surface area contributed by atoms with Crippen molar-refractivity contribution in [3.05, 3.63) is 62.9 Å². The third-order valence-corrected chi connectivity index (χ3v) is 5.15. The fourth-order valence-electron chi connectivity index (χ4n) is 2.45. The summed E-state index contributed by atoms with van der Waals surface area (Å²) in [6.45, 7) is 2.14. The molecule has 0 aliphatic carbocycles. The molecule has 0 aliphatic heterocycles. The summed E-state index contributed by atoms with van der Waals surface area (Å²) >= 11 is 7.95. The van der Waals surface area contributed by atoms with Gasteiger partial charge in [0.15, 0.2) is 0 Å². The van der Waals surface area contributed by atoms with Gasteiger partial charge in [-0.3, -0.25) is 4.98 Å². The molecule has 0 aliphatic rings. The minimum absolute atomic E-state index is 0.567. The highest BCUT2D eigenvalue weighted by Gasteiger charge is 2.15. The molecule has 1 unspecified atom stereocenters. The van der Waals surface area contributed by atoms with Gasteiger partial charge in [-0.2, -0.15) is 0 Å². The van der Waals surface area contributed by atoms with Gasteiger partial charge in [-0.15, -0.1) is 11.3 Å². The van der Waals surface area contributed by atoms with Crippen molar-refractivity contribution < 1.29 is 5.11 Å². The minimum Gasteiger partial charge on any atom is -0.388 e. The lowest BCUT2D eigenvalue weighted by atomic mass is 10.0. The zero-order valence-corrected chi connectivity index (χ0v) is 13.3. The van der Waals surface area contributed by atoms with Crippen molar-refractivity contribution >= 4 is 33.8 Å². The van der Waals surface area contributed by atoms with Gasteiger partial charge < -0.3 is 5.11 Å². The number of nitrogens with zero attached hydrogens (tertiary/aromatic N) is 1. The number of fused-ring (bicyclic) bond motifs is 1. The monoisotopic (exact) mass is 317 g/mol. The summed E-state index contributed by atoms with van der Waals surface area (Å²) in [5.74, 6) is 0. The molecule has 0 spiro atoms. The predicted octanol–water partition coefficient (Wildman–Crippen LogP) is 4.79. The Balaban J connectivity index is 1.94. The smallest absolute Gasteiger partial charge is 0.0859 e. The largest absolute Gasteiger partial charge is 0.388 e. The maximum Gasteiger partial charge on any atom is 0.0859 e. The third kappa shape index (κ3) is 2.95. The van der Waals surface area contributed by atoms with Crippen LogP contribution in [-0.4, -0.2) is 10.1 Å². The van der Waals surface area contributed by atoms with Crippen LogP contribution in [0.1, 0.15) is 28.3 Å². The Morgan fingerprint density at radius 1 is 1.19 bits per heavy atom. The van der Waals surface area contributed by atoms with Crippen molar-refractivity contribution in [1.82, 2.24) is 4.98 Å². The molecule has 2 aromatic heterocycles. The van der Waals surface area contributed by atoms with Gasteiger partial charge in [-0.25, -0.2) is 0 Å². The molecule has 3 rings (SSSR count). The molecule has 0 amide bonds. The highest BCUT2D eigenvalue weighted by molar-refractivity contribution is 7.11. The van der Waals surface area contributed by atoms with Crippen LogP contribution in [-0.2, 0) is 12.8 Å². The lowest BCUT2D eigenvalue weighted by molar-refractivity contribution is 0.181. The Labute approximate surface area is 133 Å². The molecule has 4 heteroatoms. The SMILES string of the molecule is CCc1ccc(CC(O)c2ccc(Cl)c3cccnc23)s1. The fourth-order valence-corrected chi connectivity index (χ4v) is 3.66. The van der Waals surface area contributed by atoms with Gasteiger partial charge in [0.2, 0.25) is 0 Å². The van der Waals surface area contributed by atoms with Crippen LogP contribution in [0.25, 0.3) is 10.9 Å². The van der Waals surface area contributed by atoms with Crippen molar-refractivity contribution in [3.63, 3.8) is 0 Å². The molecular weight excluding hydrogens is 302 g/mol. The first kappa shape index (κ1) is 14.5. The summed E-state index contributed by atoms with van der Waals surface area (Å²) in [7, 11) is 0. The summed E-state index contributed by atoms with van der Waals surface area (Å²) in [6, 6.07) is 11.7. The Morgan fingerprint density at radius 3 is 2.76 bits per heavy atom. The van der Waals surface area contributed by atoms with E-state index in [1.54, 1.807) is 17.5 Å². The quantitative estimate of drug-likeness (QED) is 0.750. The molecule has 108 valence electrons. The average molecular weight is 318 g/mol. The average Bonchev–Trinajstić information content (AvgIpc) is 2.95. The first-order valence-electron chi connectivity index (χ1n) is 6.98. The minimum atomic E-state index is -0.567. The molecule has 0 radical (unpaired) electrons. The maximum atomic E-state index is 10.6. The van der Waals surface area contributed by atoms with Crippen LogP contribution in [0.5, 0.6) is 0 Å². The van der Waals surface area contributed by atoms with E-state index in [4.69, 9.17) is 11.6 Å². The number of hydrogen-bond acceptors (Lipinski definition) is 3. The molecule has 0 saturated carbocycles. The third-order valence-electron chi connectivity index (χ3n) is 3.57. The Kier molecular flexibility index (Phi) is 4.24. The van der Waals surface area contributed by atoms with Crippen molar-refractivity contribution in [2.75, 3.05) is 0 Å². The molecule has 3 aromatic rings. The van der Waals surface area contributed by atoms with Gasteiger partial charge in [0, 0.05) is 38.3 Å². The molecule has 2 heterocycles. The topological polar surface area (TPSA) is 33.1 Å². The number of aliphatic hydroxyl groups is 1. The van der Waals surface area contributed by atoms with Gasteiger partial charge >= 0.3 is 0 Å². The number of halogens is 1. The second-order valence-electron chi connectivity index (χ2n) is 4.98. The van der Waals surface area contributed by atoms with Crippen molar-refractivity contribution in [3.8, 4) is 0 Å². The van der Waals surface area contributed by atoms with Crippen LogP contribution in [0.15, 0.2) is 42.6 Å². The first-order valence-corrected chi connectivity index (χ1v) is 8.17. The number of hydrogen-bond donors (Lipinski definition) is 1. The Morgan fingerprint density at radius 2 is 2.00 bits per heavy atom. The van der Waals surface area contributed by atoms with E-state index in [0.717, 1.165) is 22.9 Å². The number of thiophene rings is 1. The number of benzene rings is 1. The highest BCUT2D eigenvalue weighted by Crippen LogP contribution is 2.31. The second-order valence-corrected chi connectivity index (χ2v) is 6.64. The van der Waals surface area contributed by atoms with Gasteiger partial charge in [0.25, 0.3) is 0 Å². The van der Waals surface area contributed by atoms with E-state index in [1.807, 2.05) is 24.3 Å². The van der Waals surface area contributed by atoms with E-state index < -0.39 is 6.10 Å². The zero-order chi connectivity index (χ0) is 14.8. The summed E-state index contributed by atoms with van der Waals surface area (Å²) in [5.41, 5.74) is 1.62. The standard InChI is InChI=1S/C17H16ClNOS/c1-2-11-5-6-12(21-11)10-16(20)14-7-8-15(18)13-4-3-9-19-17(13)14/h3-9,16,20H,2,10H2,1H3. The lowest BCUT2D eigenvalue weighted by Crippen LogP contribution is -2.02. The van der Waals surface area contributed by atoms with E-state index >= 15 is 0 Å². The summed E-state index contributed by atoms with van der Waals surface area (Å²) in [4.78, 5) is 6.92. The van der Waals surface area contributed by atoms with E-state index in [2.05, 4.69) is 24.0 Å². The molecule has 0 fully saturated rings. The van der Waals surface area contributed by atoms with Gasteiger partial charge in [-0.05, 0) is 36.8 Å². The van der Waals surface area contributed by atoms with E-state index in [-0.39, 0.29) is 0 Å². The van der Waals surface area contributed by atoms with Crippen LogP contribution in [0.3, 0.4) is 0 Å². The molecule has 1 N–H and O–H groups in total. The second kappa shape index (κ2) is 6.14. The molecule has 21 heavy (non-hydrogen) atoms. The van der Waals surface area contributed by atoms with Crippen LogP contribution >= 0.6 is 22.9 Å². The van der Waals surface area contributed by atoms with Crippen LogP contribution in [0, 0.1) is 0 Å². The molecule has 0 bridgehead atoms. The molecule has 1 aromatic carbocycles. The van der Waals surface area contributed by atoms with Gasteiger partial charge in [0.05, 0.1) is 11.6 Å². The summed E-state index contributed by atoms with van der Waals surface area (Å²) in [5, 5.41) is 12.1. The molecule has 2 nitrogen and oxygen atoms in total. The van der Waals surface area contributed by atoms with Crippen LogP contribution in [0.4, 0.5) is 0 Å². The highest BCUT2D eigenvalue weighted by atomic mass is 35.5. The van der Waals surface area contributed by atoms with Gasteiger partial charge in [-0.1, -0.05) is 24.6 Å². The molecule has 0 saturated heterocycles. The normalized spacial score (nSPS) is 12.7. The maximum absolute atomic E-state index is 10.6. The lowest BCUT2D eigenvalue weighted by Gasteiger charge is -2.13. The van der Waals surface area contributed by atoms with Crippen molar-refractivity contribution in [2.24, 2.45) is 0 Å². The van der Waals surface area contributed by atoms with Crippen LogP contribution in [0.2, 0.25) is 5.02 Å². The molecule has 1 atom stereocenters. The number of aryl methyl sites for hydroxylation is 1. The van der Waals surface area contributed by atoms with E-state index in [1.165, 1.54) is 9.75 Å². The Bertz CT molecular complexity index is 768. The predicted molar refractivity (Wildman–Crippen MR) is 89.1 cm³/mol. The fraction of sp³-hybridized carbons (Fsp3) is 0.235. The number of aromatic nitrogens is 1. The summed E-state index contributed by atoms with van der Waals surface area (Å²) < 4.78 is 0. The van der Waals surface area contributed by atoms with Crippen molar-refractivity contribution in [2.45, 2.75) is 25.9 Å². The van der Waals surface area contributed by atoms with Crippen LogP contribution < -0.4 is 0 Å². The van der Waals surface area contributed by atoms with E-state index in [9.17, 15) is 5.11 Å². The van der Waals surface area contributed by atoms with Gasteiger partial charge in [0.1, 0.15) is 0 Å². The van der Waals surface area contributed by atoms with E-state index in [0.29, 0.717) is 11.4 Å². The zero-order valence-electron chi connectivity index (χ0n) is 11.7. The number of rotatable bonds is 4. The first-order chi connectivity index (χ1) is 10.2. The summed E-state index contributed by atoms with van der Waals surface area (Å²) in [6.07, 6.45) is 2.81. The van der Waals surface area contributed by atoms with Crippen molar-refractivity contribution in [1.29, 1.82) is 0 Å². The number of pyridine rings is 1.